The second-order valence-corrected chi connectivity index (χ2v) is 8.90. The summed E-state index contributed by atoms with van der Waals surface area (Å²) in [5.74, 6) is 0.166. The van der Waals surface area contributed by atoms with E-state index in [9.17, 15) is 9.59 Å². The molecule has 2 amide bonds. The van der Waals surface area contributed by atoms with Crippen molar-refractivity contribution < 1.29 is 14.3 Å². The summed E-state index contributed by atoms with van der Waals surface area (Å²) >= 11 is 12.4. The van der Waals surface area contributed by atoms with E-state index in [2.05, 4.69) is 5.32 Å². The summed E-state index contributed by atoms with van der Waals surface area (Å²) in [5, 5.41) is 3.94. The van der Waals surface area contributed by atoms with Gasteiger partial charge in [-0.1, -0.05) is 60.8 Å². The average Bonchev–Trinajstić information content (AvgIpc) is 2.74. The zero-order valence-electron chi connectivity index (χ0n) is 19.4. The molecule has 2 rings (SSSR count). The molecule has 0 heterocycles. The van der Waals surface area contributed by atoms with Crippen molar-refractivity contribution in [3.05, 3.63) is 63.1 Å². The molecule has 0 bridgehead atoms. The molecule has 0 radical (unpaired) electrons. The number of aryl methyl sites for hydroxylation is 2. The number of benzene rings is 2. The normalized spacial score (nSPS) is 12.7. The Labute approximate surface area is 201 Å². The van der Waals surface area contributed by atoms with E-state index in [1.54, 1.807) is 18.2 Å². The topological polar surface area (TPSA) is 58.6 Å². The molecular formula is C25H32Cl2N2O3. The molecule has 0 aliphatic carbocycles. The molecule has 2 atom stereocenters. The van der Waals surface area contributed by atoms with Gasteiger partial charge in [-0.05, 0) is 62.9 Å². The standard InChI is InChI=1S/C25H32Cl2N2O3/c1-6-18(5)28-25(31)22(7-2)29(14-19-9-10-20(26)13-21(19)27)24(30)15-32-23-11-8-16(3)12-17(23)4/h8-13,18,22H,6-7,14-15H2,1-5H3,(H,28,31)/t18-,22-/m1/s1. The zero-order chi connectivity index (χ0) is 23.8. The number of hydrogen-bond acceptors (Lipinski definition) is 3. The number of hydrogen-bond donors (Lipinski definition) is 1. The highest BCUT2D eigenvalue weighted by Gasteiger charge is 2.30. The number of nitrogens with one attached hydrogen (secondary N) is 1. The number of amides is 2. The third-order valence-corrected chi connectivity index (χ3v) is 6.01. The van der Waals surface area contributed by atoms with Crippen molar-refractivity contribution >= 4 is 35.0 Å². The fourth-order valence-corrected chi connectivity index (χ4v) is 3.85. The highest BCUT2D eigenvalue weighted by atomic mass is 35.5. The lowest BCUT2D eigenvalue weighted by atomic mass is 10.1. The Balaban J connectivity index is 2.28. The predicted octanol–water partition coefficient (Wildman–Crippen LogP) is 5.71. The van der Waals surface area contributed by atoms with Crippen molar-refractivity contribution in [2.45, 2.75) is 66.1 Å². The van der Waals surface area contributed by atoms with Gasteiger partial charge in [0.1, 0.15) is 11.8 Å². The van der Waals surface area contributed by atoms with Gasteiger partial charge in [0.2, 0.25) is 5.91 Å². The first-order valence-electron chi connectivity index (χ1n) is 10.9. The van der Waals surface area contributed by atoms with Gasteiger partial charge < -0.3 is 15.0 Å². The summed E-state index contributed by atoms with van der Waals surface area (Å²) in [6, 6.07) is 10.3. The molecule has 0 aliphatic rings. The quantitative estimate of drug-likeness (QED) is 0.475. The molecule has 0 unspecified atom stereocenters. The summed E-state index contributed by atoms with van der Waals surface area (Å²) in [6.45, 7) is 9.76. The molecule has 0 saturated heterocycles. The van der Waals surface area contributed by atoms with Crippen LogP contribution < -0.4 is 10.1 Å². The molecule has 0 spiro atoms. The second kappa shape index (κ2) is 12.1. The van der Waals surface area contributed by atoms with E-state index >= 15 is 0 Å². The van der Waals surface area contributed by atoms with Crippen LogP contribution in [-0.4, -0.2) is 35.4 Å². The number of rotatable bonds is 10. The second-order valence-electron chi connectivity index (χ2n) is 8.06. The minimum absolute atomic E-state index is 0.0130. The van der Waals surface area contributed by atoms with Crippen LogP contribution >= 0.6 is 23.2 Å². The fraction of sp³-hybridized carbons (Fsp3) is 0.440. The first-order valence-corrected chi connectivity index (χ1v) is 11.7. The molecule has 2 aromatic rings. The Morgan fingerprint density at radius 3 is 2.38 bits per heavy atom. The van der Waals surface area contributed by atoms with Crippen LogP contribution in [0.2, 0.25) is 10.0 Å². The van der Waals surface area contributed by atoms with Gasteiger partial charge in [0, 0.05) is 22.6 Å². The Morgan fingerprint density at radius 2 is 1.78 bits per heavy atom. The summed E-state index contributed by atoms with van der Waals surface area (Å²) in [6.07, 6.45) is 1.26. The smallest absolute Gasteiger partial charge is 0.261 e. The number of carbonyl (C=O) groups excluding carboxylic acids is 2. The Morgan fingerprint density at radius 1 is 1.06 bits per heavy atom. The predicted molar refractivity (Wildman–Crippen MR) is 130 cm³/mol. The first-order chi connectivity index (χ1) is 15.2. The molecule has 1 N–H and O–H groups in total. The van der Waals surface area contributed by atoms with Crippen LogP contribution in [0.15, 0.2) is 36.4 Å². The summed E-state index contributed by atoms with van der Waals surface area (Å²) in [5.41, 5.74) is 2.78. The maximum absolute atomic E-state index is 13.3. The van der Waals surface area contributed by atoms with Gasteiger partial charge in [0.25, 0.3) is 5.91 Å². The molecule has 0 saturated carbocycles. The highest BCUT2D eigenvalue weighted by Crippen LogP contribution is 2.24. The highest BCUT2D eigenvalue weighted by molar-refractivity contribution is 6.35. The maximum atomic E-state index is 13.3. The molecule has 32 heavy (non-hydrogen) atoms. The van der Waals surface area contributed by atoms with E-state index < -0.39 is 6.04 Å². The number of halogens is 2. The summed E-state index contributed by atoms with van der Waals surface area (Å²) in [4.78, 5) is 27.8. The Bertz CT molecular complexity index is 949. The minimum Gasteiger partial charge on any atom is -0.483 e. The Kier molecular flexibility index (Phi) is 9.85. The van der Waals surface area contributed by atoms with Gasteiger partial charge in [-0.25, -0.2) is 0 Å². The van der Waals surface area contributed by atoms with Crippen LogP contribution in [0.25, 0.3) is 0 Å². The molecule has 7 heteroatoms. The van der Waals surface area contributed by atoms with Crippen molar-refractivity contribution in [2.75, 3.05) is 6.61 Å². The average molecular weight is 479 g/mol. The van der Waals surface area contributed by atoms with Crippen molar-refractivity contribution in [3.63, 3.8) is 0 Å². The number of ether oxygens (including phenoxy) is 1. The van der Waals surface area contributed by atoms with Crippen LogP contribution in [0.5, 0.6) is 5.75 Å². The van der Waals surface area contributed by atoms with Gasteiger partial charge >= 0.3 is 0 Å². The third-order valence-electron chi connectivity index (χ3n) is 5.42. The van der Waals surface area contributed by atoms with Crippen molar-refractivity contribution in [3.8, 4) is 5.75 Å². The van der Waals surface area contributed by atoms with E-state index in [1.807, 2.05) is 52.8 Å². The van der Waals surface area contributed by atoms with E-state index in [4.69, 9.17) is 27.9 Å². The van der Waals surface area contributed by atoms with Crippen LogP contribution in [-0.2, 0) is 16.1 Å². The molecule has 174 valence electrons. The van der Waals surface area contributed by atoms with Crippen LogP contribution in [0.4, 0.5) is 0 Å². The van der Waals surface area contributed by atoms with Gasteiger partial charge in [-0.3, -0.25) is 9.59 Å². The molecule has 0 fully saturated rings. The molecule has 0 aliphatic heterocycles. The van der Waals surface area contributed by atoms with E-state index in [0.717, 1.165) is 17.5 Å². The maximum Gasteiger partial charge on any atom is 0.261 e. The third kappa shape index (κ3) is 7.14. The van der Waals surface area contributed by atoms with Gasteiger partial charge in [0.15, 0.2) is 6.61 Å². The largest absolute Gasteiger partial charge is 0.483 e. The van der Waals surface area contributed by atoms with E-state index in [0.29, 0.717) is 27.8 Å². The van der Waals surface area contributed by atoms with Crippen molar-refractivity contribution in [1.82, 2.24) is 10.2 Å². The number of nitrogens with zero attached hydrogens (tertiary/aromatic N) is 1. The summed E-state index contributed by atoms with van der Waals surface area (Å²) in [7, 11) is 0. The van der Waals surface area contributed by atoms with Crippen LogP contribution in [0.3, 0.4) is 0 Å². The van der Waals surface area contributed by atoms with E-state index in [1.165, 1.54) is 4.90 Å². The van der Waals surface area contributed by atoms with Gasteiger partial charge in [-0.2, -0.15) is 0 Å². The molecule has 0 aromatic heterocycles. The SMILES string of the molecule is CC[C@@H](C)NC(=O)[C@@H](CC)N(Cc1ccc(Cl)cc1Cl)C(=O)COc1ccc(C)cc1C. The van der Waals surface area contributed by atoms with Crippen LogP contribution in [0.1, 0.15) is 50.3 Å². The minimum atomic E-state index is -0.647. The molecule has 2 aromatic carbocycles. The monoisotopic (exact) mass is 478 g/mol. The number of carbonyl (C=O) groups is 2. The van der Waals surface area contributed by atoms with E-state index in [-0.39, 0.29) is 31.0 Å². The lowest BCUT2D eigenvalue weighted by molar-refractivity contribution is -0.143. The summed E-state index contributed by atoms with van der Waals surface area (Å²) < 4.78 is 5.82. The van der Waals surface area contributed by atoms with Gasteiger partial charge in [-0.15, -0.1) is 0 Å². The zero-order valence-corrected chi connectivity index (χ0v) is 20.9. The van der Waals surface area contributed by atoms with Crippen molar-refractivity contribution in [1.29, 1.82) is 0 Å². The van der Waals surface area contributed by atoms with Crippen molar-refractivity contribution in [2.24, 2.45) is 0 Å². The van der Waals surface area contributed by atoms with Gasteiger partial charge in [0.05, 0.1) is 0 Å². The Hall–Kier alpha value is -2.24. The fourth-order valence-electron chi connectivity index (χ4n) is 3.38. The first kappa shape index (κ1) is 26.0. The lowest BCUT2D eigenvalue weighted by Crippen LogP contribution is -2.51. The van der Waals surface area contributed by atoms with Crippen LogP contribution in [0, 0.1) is 13.8 Å². The molecule has 5 nitrogen and oxygen atoms in total. The molecular weight excluding hydrogens is 447 g/mol. The lowest BCUT2D eigenvalue weighted by Gasteiger charge is -2.31.